The molecule has 0 saturated carbocycles. The maximum absolute atomic E-state index is 4.59. The van der Waals surface area contributed by atoms with Crippen LogP contribution in [0.3, 0.4) is 0 Å². The Morgan fingerprint density at radius 2 is 1.72 bits per heavy atom. The Labute approximate surface area is 113 Å². The van der Waals surface area contributed by atoms with Gasteiger partial charge in [0.2, 0.25) is 0 Å². The highest BCUT2D eigenvalue weighted by molar-refractivity contribution is 5.79. The highest BCUT2D eigenvalue weighted by atomic mass is 15.2. The van der Waals surface area contributed by atoms with Crippen molar-refractivity contribution in [3.05, 3.63) is 0 Å². The van der Waals surface area contributed by atoms with Crippen LogP contribution in [0, 0.1) is 0 Å². The van der Waals surface area contributed by atoms with Gasteiger partial charge in [0.25, 0.3) is 0 Å². The van der Waals surface area contributed by atoms with Gasteiger partial charge in [0, 0.05) is 19.6 Å². The quantitative estimate of drug-likeness (QED) is 0.357. The SMILES string of the molecule is CCCCNC(=NCCCN(CC)CC)NCC. The molecule has 0 bridgehead atoms. The zero-order valence-corrected chi connectivity index (χ0v) is 12.8. The molecular weight excluding hydrogens is 224 g/mol. The Kier molecular flexibility index (Phi) is 12.1. The second-order valence-electron chi connectivity index (χ2n) is 4.42. The van der Waals surface area contributed by atoms with Crippen LogP contribution in [-0.2, 0) is 0 Å². The topological polar surface area (TPSA) is 39.7 Å². The first kappa shape index (κ1) is 17.2. The second-order valence-corrected chi connectivity index (χ2v) is 4.42. The first-order valence-electron chi connectivity index (χ1n) is 7.52. The number of nitrogens with one attached hydrogen (secondary N) is 2. The molecule has 4 heteroatoms. The van der Waals surface area contributed by atoms with E-state index in [9.17, 15) is 0 Å². The lowest BCUT2D eigenvalue weighted by molar-refractivity contribution is 0.302. The Morgan fingerprint density at radius 3 is 2.28 bits per heavy atom. The molecular formula is C14H32N4. The number of rotatable bonds is 10. The standard InChI is InChI=1S/C14H32N4/c1-5-9-11-16-14(15-6-2)17-12-10-13-18(7-3)8-4/h5-13H2,1-4H3,(H2,15,16,17). The summed E-state index contributed by atoms with van der Waals surface area (Å²) in [6.45, 7) is 15.0. The molecule has 0 atom stereocenters. The second kappa shape index (κ2) is 12.7. The van der Waals surface area contributed by atoms with Crippen LogP contribution in [0.25, 0.3) is 0 Å². The summed E-state index contributed by atoms with van der Waals surface area (Å²) in [5.74, 6) is 0.963. The summed E-state index contributed by atoms with van der Waals surface area (Å²) < 4.78 is 0. The Balaban J connectivity index is 3.84. The number of aliphatic imine (C=N–C) groups is 1. The van der Waals surface area contributed by atoms with Gasteiger partial charge in [0.15, 0.2) is 5.96 Å². The minimum absolute atomic E-state index is 0.901. The van der Waals surface area contributed by atoms with Crippen molar-refractivity contribution in [2.45, 2.75) is 47.0 Å². The zero-order valence-electron chi connectivity index (χ0n) is 12.8. The van der Waals surface area contributed by atoms with Crippen molar-refractivity contribution >= 4 is 5.96 Å². The third-order valence-corrected chi connectivity index (χ3v) is 2.96. The van der Waals surface area contributed by atoms with E-state index in [0.717, 1.165) is 51.6 Å². The van der Waals surface area contributed by atoms with E-state index in [2.05, 4.69) is 48.2 Å². The van der Waals surface area contributed by atoms with Crippen molar-refractivity contribution < 1.29 is 0 Å². The molecule has 2 N–H and O–H groups in total. The third-order valence-electron chi connectivity index (χ3n) is 2.96. The fourth-order valence-electron chi connectivity index (χ4n) is 1.75. The zero-order chi connectivity index (χ0) is 13.6. The summed E-state index contributed by atoms with van der Waals surface area (Å²) in [4.78, 5) is 7.03. The molecule has 0 aliphatic heterocycles. The molecule has 108 valence electrons. The van der Waals surface area contributed by atoms with Crippen LogP contribution >= 0.6 is 0 Å². The van der Waals surface area contributed by atoms with E-state index in [0.29, 0.717) is 0 Å². The Bertz CT molecular complexity index is 200. The predicted molar refractivity (Wildman–Crippen MR) is 81.3 cm³/mol. The highest BCUT2D eigenvalue weighted by Gasteiger charge is 1.99. The molecule has 0 aliphatic rings. The highest BCUT2D eigenvalue weighted by Crippen LogP contribution is 1.91. The lowest BCUT2D eigenvalue weighted by Gasteiger charge is -2.17. The van der Waals surface area contributed by atoms with Gasteiger partial charge in [-0.3, -0.25) is 4.99 Å². The van der Waals surface area contributed by atoms with Gasteiger partial charge in [0.1, 0.15) is 0 Å². The van der Waals surface area contributed by atoms with Crippen LogP contribution in [0.5, 0.6) is 0 Å². The molecule has 18 heavy (non-hydrogen) atoms. The van der Waals surface area contributed by atoms with Crippen LogP contribution < -0.4 is 10.6 Å². The summed E-state index contributed by atoms with van der Waals surface area (Å²) in [6, 6.07) is 0. The van der Waals surface area contributed by atoms with Gasteiger partial charge in [-0.05, 0) is 39.4 Å². The molecule has 0 spiro atoms. The Morgan fingerprint density at radius 1 is 1.00 bits per heavy atom. The Hall–Kier alpha value is -0.770. The average molecular weight is 256 g/mol. The molecule has 0 heterocycles. The normalized spacial score (nSPS) is 11.9. The summed E-state index contributed by atoms with van der Waals surface area (Å²) >= 11 is 0. The number of hydrogen-bond acceptors (Lipinski definition) is 2. The van der Waals surface area contributed by atoms with Crippen molar-refractivity contribution in [1.29, 1.82) is 0 Å². The van der Waals surface area contributed by atoms with E-state index in [-0.39, 0.29) is 0 Å². The van der Waals surface area contributed by atoms with Crippen molar-refractivity contribution in [1.82, 2.24) is 15.5 Å². The lowest BCUT2D eigenvalue weighted by atomic mass is 10.3. The van der Waals surface area contributed by atoms with Gasteiger partial charge in [-0.25, -0.2) is 0 Å². The van der Waals surface area contributed by atoms with Crippen molar-refractivity contribution in [2.75, 3.05) is 39.3 Å². The van der Waals surface area contributed by atoms with E-state index in [1.54, 1.807) is 0 Å². The van der Waals surface area contributed by atoms with Gasteiger partial charge in [-0.15, -0.1) is 0 Å². The molecule has 0 aromatic rings. The molecule has 0 saturated heterocycles. The third kappa shape index (κ3) is 9.28. The summed E-state index contributed by atoms with van der Waals surface area (Å²) in [5.41, 5.74) is 0. The van der Waals surface area contributed by atoms with Gasteiger partial charge in [-0.2, -0.15) is 0 Å². The molecule has 0 aromatic heterocycles. The molecule has 0 rings (SSSR count). The van der Waals surface area contributed by atoms with E-state index in [1.807, 2.05) is 0 Å². The minimum atomic E-state index is 0.901. The fourth-order valence-corrected chi connectivity index (χ4v) is 1.75. The van der Waals surface area contributed by atoms with Gasteiger partial charge >= 0.3 is 0 Å². The molecule has 0 unspecified atom stereocenters. The largest absolute Gasteiger partial charge is 0.357 e. The maximum atomic E-state index is 4.59. The van der Waals surface area contributed by atoms with Crippen LogP contribution in [0.2, 0.25) is 0 Å². The van der Waals surface area contributed by atoms with Crippen LogP contribution in [0.1, 0.15) is 47.0 Å². The van der Waals surface area contributed by atoms with E-state index >= 15 is 0 Å². The maximum Gasteiger partial charge on any atom is 0.191 e. The molecule has 0 aromatic carbocycles. The van der Waals surface area contributed by atoms with Crippen molar-refractivity contribution in [3.8, 4) is 0 Å². The van der Waals surface area contributed by atoms with Gasteiger partial charge in [-0.1, -0.05) is 27.2 Å². The van der Waals surface area contributed by atoms with Crippen LogP contribution in [0.15, 0.2) is 4.99 Å². The summed E-state index contributed by atoms with van der Waals surface area (Å²) in [5, 5.41) is 6.65. The molecule has 0 fully saturated rings. The average Bonchev–Trinajstić information content (AvgIpc) is 2.39. The summed E-state index contributed by atoms with van der Waals surface area (Å²) in [6.07, 6.45) is 3.55. The fraction of sp³-hybridized carbons (Fsp3) is 0.929. The first-order chi connectivity index (χ1) is 8.78. The van der Waals surface area contributed by atoms with E-state index in [4.69, 9.17) is 0 Å². The van der Waals surface area contributed by atoms with Gasteiger partial charge in [0.05, 0.1) is 0 Å². The molecule has 0 aliphatic carbocycles. The lowest BCUT2D eigenvalue weighted by Crippen LogP contribution is -2.38. The van der Waals surface area contributed by atoms with Crippen molar-refractivity contribution in [2.24, 2.45) is 4.99 Å². The summed E-state index contributed by atoms with van der Waals surface area (Å²) in [7, 11) is 0. The number of hydrogen-bond donors (Lipinski definition) is 2. The van der Waals surface area contributed by atoms with Crippen LogP contribution in [0.4, 0.5) is 0 Å². The smallest absolute Gasteiger partial charge is 0.191 e. The van der Waals surface area contributed by atoms with Crippen LogP contribution in [-0.4, -0.2) is 50.1 Å². The number of nitrogens with zero attached hydrogens (tertiary/aromatic N) is 2. The van der Waals surface area contributed by atoms with E-state index < -0.39 is 0 Å². The first-order valence-corrected chi connectivity index (χ1v) is 7.52. The molecule has 0 amide bonds. The monoisotopic (exact) mass is 256 g/mol. The number of guanidine groups is 1. The van der Waals surface area contributed by atoms with E-state index in [1.165, 1.54) is 12.8 Å². The minimum Gasteiger partial charge on any atom is -0.357 e. The van der Waals surface area contributed by atoms with Crippen molar-refractivity contribution in [3.63, 3.8) is 0 Å². The number of unbranched alkanes of at least 4 members (excludes halogenated alkanes) is 1. The molecule has 0 radical (unpaired) electrons. The predicted octanol–water partition coefficient (Wildman–Crippen LogP) is 2.07. The molecule has 4 nitrogen and oxygen atoms in total. The van der Waals surface area contributed by atoms with Gasteiger partial charge < -0.3 is 15.5 Å².